The van der Waals surface area contributed by atoms with Crippen molar-refractivity contribution in [3.8, 4) is 12.3 Å². The normalized spacial score (nSPS) is 29.7. The number of hydrogen-bond acceptors (Lipinski definition) is 6. The minimum atomic E-state index is -2.14. The first-order chi connectivity index (χ1) is 14.9. The fourth-order valence-corrected chi connectivity index (χ4v) is 7.90. The highest BCUT2D eigenvalue weighted by atomic mass is 28.3. The van der Waals surface area contributed by atoms with Crippen LogP contribution in [0.3, 0.4) is 0 Å². The molecule has 0 aromatic heterocycles. The molecular formula is C25H24O6Si. The molecule has 3 aliphatic rings. The summed E-state index contributed by atoms with van der Waals surface area (Å²) in [6.45, 7) is 7.42. The van der Waals surface area contributed by atoms with Crippen molar-refractivity contribution in [2.24, 2.45) is 11.8 Å². The molecule has 0 bridgehead atoms. The molecule has 1 aromatic carbocycles. The molecule has 3 aliphatic carbocycles. The van der Waals surface area contributed by atoms with Crippen molar-refractivity contribution in [1.29, 1.82) is 0 Å². The fraction of sp³-hybridized carbons (Fsp3) is 0.400. The zero-order valence-corrected chi connectivity index (χ0v) is 19.5. The van der Waals surface area contributed by atoms with Crippen molar-refractivity contribution in [3.05, 3.63) is 46.5 Å². The van der Waals surface area contributed by atoms with E-state index in [1.165, 1.54) is 19.1 Å². The van der Waals surface area contributed by atoms with Gasteiger partial charge in [-0.2, -0.15) is 0 Å². The molecule has 0 spiro atoms. The van der Waals surface area contributed by atoms with Gasteiger partial charge in [-0.15, -0.1) is 6.42 Å². The lowest BCUT2D eigenvalue weighted by Crippen LogP contribution is -2.57. The molecule has 4 rings (SSSR count). The molecule has 32 heavy (non-hydrogen) atoms. The number of hydrogen-bond donors (Lipinski definition) is 0. The summed E-state index contributed by atoms with van der Waals surface area (Å²) in [5.41, 5.74) is -1.99. The van der Waals surface area contributed by atoms with E-state index in [1.807, 2.05) is 0 Å². The van der Waals surface area contributed by atoms with E-state index in [2.05, 4.69) is 25.6 Å². The highest BCUT2D eigenvalue weighted by Crippen LogP contribution is 2.54. The van der Waals surface area contributed by atoms with Gasteiger partial charge >= 0.3 is 5.97 Å². The second-order valence-corrected chi connectivity index (χ2v) is 15.4. The van der Waals surface area contributed by atoms with Gasteiger partial charge in [0.25, 0.3) is 0 Å². The van der Waals surface area contributed by atoms with Crippen LogP contribution in [-0.2, 0) is 19.1 Å². The molecule has 0 amide bonds. The van der Waals surface area contributed by atoms with Gasteiger partial charge in [-0.25, -0.2) is 0 Å². The van der Waals surface area contributed by atoms with Crippen molar-refractivity contribution in [3.63, 3.8) is 0 Å². The Morgan fingerprint density at radius 2 is 1.53 bits per heavy atom. The molecule has 0 heterocycles. The maximum absolute atomic E-state index is 13.8. The fourth-order valence-electron chi connectivity index (χ4n) is 5.50. The summed E-state index contributed by atoms with van der Waals surface area (Å²) < 4.78 is 5.54. The van der Waals surface area contributed by atoms with Gasteiger partial charge in [0.15, 0.2) is 28.7 Å². The number of ketones is 4. The minimum absolute atomic E-state index is 0.0425. The number of ether oxygens (including phenoxy) is 1. The first kappa shape index (κ1) is 22.1. The summed E-state index contributed by atoms with van der Waals surface area (Å²) in [7, 11) is -2.14. The Hall–Kier alpha value is -3.11. The van der Waals surface area contributed by atoms with Crippen molar-refractivity contribution in [2.75, 3.05) is 0 Å². The number of benzene rings is 1. The molecule has 164 valence electrons. The largest absolute Gasteiger partial charge is 0.446 e. The smallest absolute Gasteiger partial charge is 0.304 e. The third-order valence-electron chi connectivity index (χ3n) is 6.93. The lowest BCUT2D eigenvalue weighted by molar-refractivity contribution is -0.159. The topological polar surface area (TPSA) is 94.6 Å². The number of esters is 1. The summed E-state index contributed by atoms with van der Waals surface area (Å²) in [5, 5.41) is 0. The molecular weight excluding hydrogens is 424 g/mol. The predicted molar refractivity (Wildman–Crippen MR) is 119 cm³/mol. The average molecular weight is 449 g/mol. The first-order valence-corrected chi connectivity index (χ1v) is 14.2. The van der Waals surface area contributed by atoms with E-state index >= 15 is 0 Å². The molecule has 4 atom stereocenters. The van der Waals surface area contributed by atoms with E-state index in [0.717, 1.165) is 0 Å². The summed E-state index contributed by atoms with van der Waals surface area (Å²) in [4.78, 5) is 65.7. The highest BCUT2D eigenvalue weighted by Gasteiger charge is 2.60. The Morgan fingerprint density at radius 1 is 1.00 bits per heavy atom. The van der Waals surface area contributed by atoms with Gasteiger partial charge in [0.05, 0.1) is 11.1 Å². The van der Waals surface area contributed by atoms with Crippen molar-refractivity contribution < 1.29 is 28.7 Å². The number of allylic oxidation sites excluding steroid dienone is 2. The predicted octanol–water partition coefficient (Wildman–Crippen LogP) is 3.18. The van der Waals surface area contributed by atoms with Crippen LogP contribution in [0.15, 0.2) is 35.4 Å². The lowest BCUT2D eigenvalue weighted by Gasteiger charge is -2.50. The van der Waals surface area contributed by atoms with Gasteiger partial charge < -0.3 is 4.74 Å². The van der Waals surface area contributed by atoms with Crippen LogP contribution in [0.1, 0.15) is 40.5 Å². The Kier molecular flexibility index (Phi) is 4.98. The van der Waals surface area contributed by atoms with Crippen LogP contribution in [0, 0.1) is 24.2 Å². The van der Waals surface area contributed by atoms with E-state index in [4.69, 9.17) is 11.2 Å². The van der Waals surface area contributed by atoms with Crippen LogP contribution in [0.5, 0.6) is 0 Å². The van der Waals surface area contributed by atoms with E-state index in [1.54, 1.807) is 12.1 Å². The van der Waals surface area contributed by atoms with Gasteiger partial charge in [-0.05, 0) is 12.0 Å². The van der Waals surface area contributed by atoms with Crippen LogP contribution in [-0.4, -0.2) is 42.8 Å². The monoisotopic (exact) mass is 448 g/mol. The van der Waals surface area contributed by atoms with Gasteiger partial charge in [-0.3, -0.25) is 24.0 Å². The summed E-state index contributed by atoms with van der Waals surface area (Å²) in [6, 6.07) is 6.22. The van der Waals surface area contributed by atoms with Gasteiger partial charge in [0, 0.05) is 44.4 Å². The molecule has 0 aliphatic heterocycles. The van der Waals surface area contributed by atoms with Crippen LogP contribution in [0.4, 0.5) is 0 Å². The lowest BCUT2D eigenvalue weighted by atomic mass is 9.60. The molecule has 6 nitrogen and oxygen atoms in total. The first-order valence-electron chi connectivity index (χ1n) is 10.6. The van der Waals surface area contributed by atoms with Crippen molar-refractivity contribution in [2.45, 2.75) is 50.5 Å². The Labute approximate surface area is 187 Å². The van der Waals surface area contributed by atoms with E-state index in [9.17, 15) is 24.0 Å². The molecule has 0 N–H and O–H groups in total. The molecule has 7 heteroatoms. The van der Waals surface area contributed by atoms with Crippen molar-refractivity contribution in [1.82, 2.24) is 0 Å². The minimum Gasteiger partial charge on any atom is -0.446 e. The van der Waals surface area contributed by atoms with Crippen LogP contribution in [0.2, 0.25) is 25.2 Å². The molecule has 4 unspecified atom stereocenters. The second-order valence-electron chi connectivity index (χ2n) is 9.93. The number of rotatable bonds is 2. The second kappa shape index (κ2) is 7.21. The van der Waals surface area contributed by atoms with Gasteiger partial charge in [-0.1, -0.05) is 49.8 Å². The van der Waals surface area contributed by atoms with Crippen molar-refractivity contribution >= 4 is 37.2 Å². The quantitative estimate of drug-likeness (QED) is 0.298. The molecule has 0 radical (unpaired) electrons. The summed E-state index contributed by atoms with van der Waals surface area (Å²) >= 11 is 0. The number of carbonyl (C=O) groups is 5. The number of carbonyl (C=O) groups excluding carboxylic acids is 5. The number of fused-ring (bicyclic) bond motifs is 2. The van der Waals surface area contributed by atoms with Gasteiger partial charge in [0.1, 0.15) is 0 Å². The SMILES string of the molecule is C#CC1(OC(C)=O)CC2C(=O)C3=C(C(=O)c4ccccc4C3=O)C(=O)C2C([Si](C)(C)C)C1. The van der Waals surface area contributed by atoms with E-state index in [0.29, 0.717) is 0 Å². The third kappa shape index (κ3) is 3.13. The molecule has 1 fully saturated rings. The van der Waals surface area contributed by atoms with E-state index < -0.39 is 54.6 Å². The van der Waals surface area contributed by atoms with Crippen LogP contribution in [0.25, 0.3) is 0 Å². The third-order valence-corrected chi connectivity index (χ3v) is 9.72. The molecule has 1 aromatic rings. The maximum atomic E-state index is 13.8. The average Bonchev–Trinajstić information content (AvgIpc) is 2.73. The van der Waals surface area contributed by atoms with Gasteiger partial charge in [0.2, 0.25) is 0 Å². The Morgan fingerprint density at radius 3 is 2.00 bits per heavy atom. The number of Topliss-reactive ketones (excluding diaryl/α,β-unsaturated/α-hetero) is 4. The molecule has 0 saturated heterocycles. The van der Waals surface area contributed by atoms with Crippen LogP contribution < -0.4 is 0 Å². The summed E-state index contributed by atoms with van der Waals surface area (Å²) in [5.74, 6) is -1.86. The standard InChI is InChI=1S/C25H24O6Si/c1-6-25(31-13(2)26)11-16-18(17(12-25)32(3,4)5)24(30)20-19(23(16)29)21(27)14-9-7-8-10-15(14)22(20)28/h1,7-10,16-18H,11-12H2,2-5H3. The zero-order chi connectivity index (χ0) is 23.6. The Balaban J connectivity index is 1.91. The summed E-state index contributed by atoms with van der Waals surface area (Å²) in [6.07, 6.45) is 6.01. The Bertz CT molecular complexity index is 1180. The highest BCUT2D eigenvalue weighted by molar-refractivity contribution is 6.78. The van der Waals surface area contributed by atoms with Crippen LogP contribution >= 0.6 is 0 Å². The van der Waals surface area contributed by atoms with E-state index in [-0.39, 0.29) is 40.7 Å². The zero-order valence-electron chi connectivity index (χ0n) is 18.5. The maximum Gasteiger partial charge on any atom is 0.304 e. The number of terminal acetylenes is 1. The molecule has 1 saturated carbocycles.